The Morgan fingerprint density at radius 2 is 2.56 bits per heavy atom. The highest BCUT2D eigenvalue weighted by molar-refractivity contribution is 5.14. The van der Waals surface area contributed by atoms with Crippen LogP contribution in [-0.4, -0.2) is 0 Å². The second kappa shape index (κ2) is 2.41. The molecule has 0 bridgehead atoms. The summed E-state index contributed by atoms with van der Waals surface area (Å²) in [6, 6.07) is 3.72. The van der Waals surface area contributed by atoms with Gasteiger partial charge in [-0.3, -0.25) is 0 Å². The molecule has 1 nitrogen and oxygen atoms in total. The largest absolute Gasteiger partial charge is 0.468 e. The zero-order chi connectivity index (χ0) is 6.69. The van der Waals surface area contributed by atoms with Crippen molar-refractivity contribution in [3.8, 4) is 12.3 Å². The van der Waals surface area contributed by atoms with Gasteiger partial charge in [0.15, 0.2) is 0 Å². The van der Waals surface area contributed by atoms with Gasteiger partial charge >= 0.3 is 0 Å². The minimum atomic E-state index is 0.0972. The molecule has 0 saturated carbocycles. The maximum absolute atomic E-state index is 5.15. The molecule has 0 saturated heterocycles. The van der Waals surface area contributed by atoms with Crippen LogP contribution >= 0.6 is 0 Å². The Hall–Kier alpha value is -1.16. The summed E-state index contributed by atoms with van der Waals surface area (Å²) in [4.78, 5) is 0. The van der Waals surface area contributed by atoms with E-state index in [-0.39, 0.29) is 5.92 Å². The fourth-order valence-electron chi connectivity index (χ4n) is 0.620. The van der Waals surface area contributed by atoms with E-state index in [0.717, 1.165) is 5.76 Å². The van der Waals surface area contributed by atoms with Crippen molar-refractivity contribution in [3.63, 3.8) is 0 Å². The summed E-state index contributed by atoms with van der Waals surface area (Å²) in [5.41, 5.74) is 0. The molecule has 46 valence electrons. The summed E-state index contributed by atoms with van der Waals surface area (Å²) in [5, 5.41) is 0. The molecule has 9 heavy (non-hydrogen) atoms. The van der Waals surface area contributed by atoms with Gasteiger partial charge in [-0.05, 0) is 19.1 Å². The van der Waals surface area contributed by atoms with Crippen LogP contribution in [0.5, 0.6) is 0 Å². The standard InChI is InChI=1S/C8H8O/c1-3-7(2)8-5-4-6-9-8/h1,4-7H,2H3. The van der Waals surface area contributed by atoms with Crippen LogP contribution in [0.25, 0.3) is 0 Å². The van der Waals surface area contributed by atoms with Gasteiger partial charge in [0.2, 0.25) is 0 Å². The van der Waals surface area contributed by atoms with Crippen LogP contribution in [0.1, 0.15) is 18.6 Å². The molecule has 0 amide bonds. The predicted octanol–water partition coefficient (Wildman–Crippen LogP) is 2.02. The molecule has 1 heteroatoms. The maximum atomic E-state index is 5.15. The molecule has 0 radical (unpaired) electrons. The molecule has 0 N–H and O–H groups in total. The number of rotatable bonds is 1. The highest BCUT2D eigenvalue weighted by Crippen LogP contribution is 2.12. The molecule has 0 aliphatic heterocycles. The third kappa shape index (κ3) is 1.14. The summed E-state index contributed by atoms with van der Waals surface area (Å²) in [6.07, 6.45) is 6.78. The number of hydrogen-bond acceptors (Lipinski definition) is 1. The van der Waals surface area contributed by atoms with Gasteiger partial charge in [-0.1, -0.05) is 5.92 Å². The molecule has 1 atom stereocenters. The lowest BCUT2D eigenvalue weighted by Crippen LogP contribution is -1.83. The van der Waals surface area contributed by atoms with Crippen LogP contribution in [-0.2, 0) is 0 Å². The van der Waals surface area contributed by atoms with Gasteiger partial charge in [0.05, 0.1) is 12.2 Å². The van der Waals surface area contributed by atoms with E-state index in [1.807, 2.05) is 19.1 Å². The Kier molecular flexibility index (Phi) is 1.60. The summed E-state index contributed by atoms with van der Waals surface area (Å²) >= 11 is 0. The molecule has 1 heterocycles. The smallest absolute Gasteiger partial charge is 0.118 e. The van der Waals surface area contributed by atoms with Crippen molar-refractivity contribution >= 4 is 0 Å². The van der Waals surface area contributed by atoms with Gasteiger partial charge < -0.3 is 4.42 Å². The first kappa shape index (κ1) is 5.97. The molecule has 1 rings (SSSR count). The number of terminal acetylenes is 1. The van der Waals surface area contributed by atoms with Crippen molar-refractivity contribution in [1.82, 2.24) is 0 Å². The van der Waals surface area contributed by atoms with Crippen molar-refractivity contribution in [2.24, 2.45) is 0 Å². The van der Waals surface area contributed by atoms with Crippen LogP contribution in [0.15, 0.2) is 22.8 Å². The molecule has 0 spiro atoms. The third-order valence-electron chi connectivity index (χ3n) is 1.22. The molecule has 1 aromatic rings. The second-order valence-corrected chi connectivity index (χ2v) is 1.90. The minimum Gasteiger partial charge on any atom is -0.468 e. The third-order valence-corrected chi connectivity index (χ3v) is 1.22. The SMILES string of the molecule is C#CC(C)c1ccco1. The molecule has 1 unspecified atom stereocenters. The first-order valence-corrected chi connectivity index (χ1v) is 2.84. The molecular weight excluding hydrogens is 112 g/mol. The summed E-state index contributed by atoms with van der Waals surface area (Å²) in [7, 11) is 0. The monoisotopic (exact) mass is 120 g/mol. The van der Waals surface area contributed by atoms with Crippen LogP contribution < -0.4 is 0 Å². The highest BCUT2D eigenvalue weighted by atomic mass is 16.3. The van der Waals surface area contributed by atoms with Crippen LogP contribution in [0.2, 0.25) is 0 Å². The van der Waals surface area contributed by atoms with Crippen LogP contribution in [0.4, 0.5) is 0 Å². The quantitative estimate of drug-likeness (QED) is 0.517. The van der Waals surface area contributed by atoms with Gasteiger partial charge in [0, 0.05) is 0 Å². The van der Waals surface area contributed by atoms with Gasteiger partial charge in [-0.2, -0.15) is 0 Å². The van der Waals surface area contributed by atoms with Gasteiger partial charge in [-0.15, -0.1) is 6.42 Å². The van der Waals surface area contributed by atoms with Crippen molar-refractivity contribution in [3.05, 3.63) is 24.2 Å². The Balaban J connectivity index is 2.80. The zero-order valence-corrected chi connectivity index (χ0v) is 5.29. The first-order chi connectivity index (χ1) is 4.34. The number of hydrogen-bond donors (Lipinski definition) is 0. The van der Waals surface area contributed by atoms with Gasteiger partial charge in [0.25, 0.3) is 0 Å². The highest BCUT2D eigenvalue weighted by Gasteiger charge is 2.01. The Bertz CT molecular complexity index is 203. The van der Waals surface area contributed by atoms with Crippen molar-refractivity contribution in [1.29, 1.82) is 0 Å². The van der Waals surface area contributed by atoms with Crippen molar-refractivity contribution < 1.29 is 4.42 Å². The topological polar surface area (TPSA) is 13.1 Å². The Morgan fingerprint density at radius 1 is 1.78 bits per heavy atom. The lowest BCUT2D eigenvalue weighted by atomic mass is 10.1. The van der Waals surface area contributed by atoms with E-state index >= 15 is 0 Å². The van der Waals surface area contributed by atoms with Crippen LogP contribution in [0, 0.1) is 12.3 Å². The van der Waals surface area contributed by atoms with E-state index in [2.05, 4.69) is 5.92 Å². The summed E-state index contributed by atoms with van der Waals surface area (Å²) in [6.45, 7) is 1.93. The van der Waals surface area contributed by atoms with E-state index in [1.54, 1.807) is 6.26 Å². The molecular formula is C8H8O. The first-order valence-electron chi connectivity index (χ1n) is 2.84. The molecule has 0 aliphatic carbocycles. The van der Waals surface area contributed by atoms with E-state index in [0.29, 0.717) is 0 Å². The Morgan fingerprint density at radius 3 is 3.00 bits per heavy atom. The lowest BCUT2D eigenvalue weighted by Gasteiger charge is -1.94. The molecule has 0 aromatic carbocycles. The average molecular weight is 120 g/mol. The molecule has 0 fully saturated rings. The summed E-state index contributed by atoms with van der Waals surface area (Å²) in [5.74, 6) is 3.53. The lowest BCUT2D eigenvalue weighted by molar-refractivity contribution is 0.503. The van der Waals surface area contributed by atoms with Crippen molar-refractivity contribution in [2.75, 3.05) is 0 Å². The second-order valence-electron chi connectivity index (χ2n) is 1.90. The van der Waals surface area contributed by atoms with Crippen LogP contribution in [0.3, 0.4) is 0 Å². The molecule has 0 aliphatic rings. The fraction of sp³-hybridized carbons (Fsp3) is 0.250. The molecule has 1 aromatic heterocycles. The van der Waals surface area contributed by atoms with Gasteiger partial charge in [0.1, 0.15) is 5.76 Å². The van der Waals surface area contributed by atoms with E-state index < -0.39 is 0 Å². The average Bonchev–Trinajstić information content (AvgIpc) is 2.37. The van der Waals surface area contributed by atoms with E-state index in [4.69, 9.17) is 10.8 Å². The number of furan rings is 1. The minimum absolute atomic E-state index is 0.0972. The Labute approximate surface area is 54.7 Å². The fourth-order valence-corrected chi connectivity index (χ4v) is 0.620. The zero-order valence-electron chi connectivity index (χ0n) is 5.29. The van der Waals surface area contributed by atoms with E-state index in [1.165, 1.54) is 0 Å². The van der Waals surface area contributed by atoms with Gasteiger partial charge in [-0.25, -0.2) is 0 Å². The normalized spacial score (nSPS) is 12.4. The van der Waals surface area contributed by atoms with Crippen molar-refractivity contribution in [2.45, 2.75) is 12.8 Å². The maximum Gasteiger partial charge on any atom is 0.118 e. The van der Waals surface area contributed by atoms with E-state index in [9.17, 15) is 0 Å². The summed E-state index contributed by atoms with van der Waals surface area (Å²) < 4.78 is 5.04. The predicted molar refractivity (Wildman–Crippen MR) is 36.0 cm³/mol.